The van der Waals surface area contributed by atoms with Gasteiger partial charge in [-0.3, -0.25) is 9.59 Å². The highest BCUT2D eigenvalue weighted by molar-refractivity contribution is 6.49. The number of furan rings is 1. The molecular weight excluding hydrogens is 320 g/mol. The number of esters is 1. The lowest BCUT2D eigenvalue weighted by Gasteiger charge is -2.06. The number of ether oxygens (including phenoxy) is 2. The van der Waals surface area contributed by atoms with Gasteiger partial charge in [0.15, 0.2) is 11.3 Å². The Morgan fingerprint density at radius 2 is 2.22 bits per heavy atom. The van der Waals surface area contributed by atoms with Crippen LogP contribution in [0.15, 0.2) is 34.8 Å². The molecule has 23 heavy (non-hydrogen) atoms. The molecule has 1 aromatic heterocycles. The zero-order valence-corrected chi connectivity index (χ0v) is 13.5. The van der Waals surface area contributed by atoms with Crippen molar-refractivity contribution in [2.75, 3.05) is 13.2 Å². The molecule has 5 nitrogen and oxygen atoms in total. The zero-order valence-electron chi connectivity index (χ0n) is 12.7. The maximum absolute atomic E-state index is 11.3. The molecule has 0 aliphatic rings. The molecular formula is C17H17ClO5. The van der Waals surface area contributed by atoms with E-state index in [9.17, 15) is 9.59 Å². The molecule has 2 aromatic rings. The van der Waals surface area contributed by atoms with Gasteiger partial charge in [-0.1, -0.05) is 23.7 Å². The van der Waals surface area contributed by atoms with Crippen molar-refractivity contribution in [2.24, 2.45) is 0 Å². The number of halogens is 1. The van der Waals surface area contributed by atoms with Gasteiger partial charge in [-0.25, -0.2) is 0 Å². The number of benzene rings is 1. The molecule has 0 unspecified atom stereocenters. The van der Waals surface area contributed by atoms with Crippen LogP contribution in [0.25, 0.3) is 16.0 Å². The van der Waals surface area contributed by atoms with Gasteiger partial charge in [0.25, 0.3) is 0 Å². The Morgan fingerprint density at radius 3 is 2.96 bits per heavy atom. The SMILES string of the molecule is CCOC(=O)CCCOc1cccc2cc(/C(Cl)=C\C=O)oc12. The quantitative estimate of drug-likeness (QED) is 0.316. The molecule has 0 aliphatic heterocycles. The summed E-state index contributed by atoms with van der Waals surface area (Å²) < 4.78 is 16.2. The molecule has 0 spiro atoms. The summed E-state index contributed by atoms with van der Waals surface area (Å²) in [5, 5.41) is 1.05. The highest BCUT2D eigenvalue weighted by Crippen LogP contribution is 2.32. The van der Waals surface area contributed by atoms with Crippen molar-refractivity contribution in [3.63, 3.8) is 0 Å². The molecule has 0 amide bonds. The van der Waals surface area contributed by atoms with Gasteiger partial charge in [-0.05, 0) is 25.5 Å². The molecule has 1 aromatic carbocycles. The molecule has 0 saturated carbocycles. The second-order valence-corrected chi connectivity index (χ2v) is 5.10. The normalized spacial score (nSPS) is 11.5. The molecule has 0 fully saturated rings. The first-order valence-corrected chi connectivity index (χ1v) is 7.65. The lowest BCUT2D eigenvalue weighted by atomic mass is 10.2. The number of carbonyl (C=O) groups excluding carboxylic acids is 2. The van der Waals surface area contributed by atoms with Crippen molar-refractivity contribution in [1.82, 2.24) is 0 Å². The average Bonchev–Trinajstić information content (AvgIpc) is 2.97. The topological polar surface area (TPSA) is 65.7 Å². The second kappa shape index (κ2) is 8.39. The van der Waals surface area contributed by atoms with E-state index in [0.29, 0.717) is 49.4 Å². The second-order valence-electron chi connectivity index (χ2n) is 4.69. The third-order valence-electron chi connectivity index (χ3n) is 3.05. The van der Waals surface area contributed by atoms with Crippen LogP contribution in [0.2, 0.25) is 0 Å². The van der Waals surface area contributed by atoms with Crippen LogP contribution in [-0.2, 0) is 14.3 Å². The maximum Gasteiger partial charge on any atom is 0.305 e. The van der Waals surface area contributed by atoms with E-state index in [4.69, 9.17) is 25.5 Å². The van der Waals surface area contributed by atoms with Crippen molar-refractivity contribution in [1.29, 1.82) is 0 Å². The van der Waals surface area contributed by atoms with Gasteiger partial charge in [-0.2, -0.15) is 0 Å². The molecule has 1 heterocycles. The van der Waals surface area contributed by atoms with E-state index in [-0.39, 0.29) is 11.0 Å². The molecule has 0 bridgehead atoms. The van der Waals surface area contributed by atoms with Gasteiger partial charge in [0.05, 0.1) is 18.2 Å². The summed E-state index contributed by atoms with van der Waals surface area (Å²) >= 11 is 5.97. The molecule has 0 atom stereocenters. The Hall–Kier alpha value is -2.27. The Bertz CT molecular complexity index is 717. The number of fused-ring (bicyclic) bond motifs is 1. The van der Waals surface area contributed by atoms with E-state index in [0.717, 1.165) is 5.39 Å². The van der Waals surface area contributed by atoms with Crippen molar-refractivity contribution in [3.05, 3.63) is 36.1 Å². The minimum Gasteiger partial charge on any atom is -0.490 e. The number of hydrogen-bond donors (Lipinski definition) is 0. The Labute approximate surface area is 138 Å². The molecule has 122 valence electrons. The first-order valence-electron chi connectivity index (χ1n) is 7.28. The highest BCUT2D eigenvalue weighted by atomic mass is 35.5. The van der Waals surface area contributed by atoms with Crippen LogP contribution in [0, 0.1) is 0 Å². The molecule has 0 aliphatic carbocycles. The average molecular weight is 337 g/mol. The zero-order chi connectivity index (χ0) is 16.7. The third kappa shape index (κ3) is 4.60. The molecule has 0 radical (unpaired) electrons. The largest absolute Gasteiger partial charge is 0.490 e. The number of para-hydroxylation sites is 1. The van der Waals surface area contributed by atoms with E-state index >= 15 is 0 Å². The monoisotopic (exact) mass is 336 g/mol. The summed E-state index contributed by atoms with van der Waals surface area (Å²) in [5.41, 5.74) is 0.552. The summed E-state index contributed by atoms with van der Waals surface area (Å²) in [7, 11) is 0. The molecule has 0 saturated heterocycles. The van der Waals surface area contributed by atoms with Gasteiger partial charge in [0.2, 0.25) is 0 Å². The van der Waals surface area contributed by atoms with Crippen molar-refractivity contribution in [3.8, 4) is 5.75 Å². The van der Waals surface area contributed by atoms with Gasteiger partial charge in [0.1, 0.15) is 12.0 Å². The van der Waals surface area contributed by atoms with Crippen LogP contribution in [0.5, 0.6) is 5.75 Å². The number of hydrogen-bond acceptors (Lipinski definition) is 5. The summed E-state index contributed by atoms with van der Waals surface area (Å²) in [4.78, 5) is 21.7. The minimum atomic E-state index is -0.236. The number of aldehydes is 1. The fourth-order valence-electron chi connectivity index (χ4n) is 2.04. The van der Waals surface area contributed by atoms with Crippen molar-refractivity contribution >= 4 is 39.9 Å². The van der Waals surface area contributed by atoms with E-state index in [1.54, 1.807) is 19.1 Å². The Balaban J connectivity index is 2.05. The van der Waals surface area contributed by atoms with Crippen LogP contribution < -0.4 is 4.74 Å². The third-order valence-corrected chi connectivity index (χ3v) is 3.36. The Kier molecular flexibility index (Phi) is 6.23. The smallest absolute Gasteiger partial charge is 0.305 e. The van der Waals surface area contributed by atoms with Crippen molar-refractivity contribution in [2.45, 2.75) is 19.8 Å². The Morgan fingerprint density at radius 1 is 1.39 bits per heavy atom. The molecule has 6 heteroatoms. The van der Waals surface area contributed by atoms with Crippen LogP contribution >= 0.6 is 11.6 Å². The number of carbonyl (C=O) groups is 2. The summed E-state index contributed by atoms with van der Waals surface area (Å²) in [6.45, 7) is 2.52. The maximum atomic E-state index is 11.3. The first-order chi connectivity index (χ1) is 11.2. The predicted molar refractivity (Wildman–Crippen MR) is 87.5 cm³/mol. The summed E-state index contributed by atoms with van der Waals surface area (Å²) in [6.07, 6.45) is 2.68. The van der Waals surface area contributed by atoms with Crippen LogP contribution in [0.3, 0.4) is 0 Å². The minimum absolute atomic E-state index is 0.226. The van der Waals surface area contributed by atoms with E-state index < -0.39 is 0 Å². The fraction of sp³-hybridized carbons (Fsp3) is 0.294. The van der Waals surface area contributed by atoms with Crippen LogP contribution in [0.1, 0.15) is 25.5 Å². The lowest BCUT2D eigenvalue weighted by Crippen LogP contribution is -2.06. The summed E-state index contributed by atoms with van der Waals surface area (Å²) in [6, 6.07) is 7.21. The van der Waals surface area contributed by atoms with E-state index in [2.05, 4.69) is 0 Å². The van der Waals surface area contributed by atoms with E-state index in [1.807, 2.05) is 12.1 Å². The van der Waals surface area contributed by atoms with Gasteiger partial charge >= 0.3 is 5.97 Å². The van der Waals surface area contributed by atoms with Gasteiger partial charge in [-0.15, -0.1) is 0 Å². The lowest BCUT2D eigenvalue weighted by molar-refractivity contribution is -0.143. The summed E-state index contributed by atoms with van der Waals surface area (Å²) in [5.74, 6) is 0.727. The highest BCUT2D eigenvalue weighted by Gasteiger charge is 2.11. The molecule has 0 N–H and O–H groups in total. The van der Waals surface area contributed by atoms with Crippen LogP contribution in [-0.4, -0.2) is 25.5 Å². The first kappa shape index (κ1) is 17.1. The molecule has 2 rings (SSSR count). The number of allylic oxidation sites excluding steroid dienone is 1. The van der Waals surface area contributed by atoms with Gasteiger partial charge < -0.3 is 13.9 Å². The predicted octanol–water partition coefficient (Wildman–Crippen LogP) is 3.93. The fourth-order valence-corrected chi connectivity index (χ4v) is 2.19. The van der Waals surface area contributed by atoms with E-state index in [1.165, 1.54) is 6.08 Å². The standard InChI is InChI=1S/C17H17ClO5/c1-2-21-16(20)7-4-10-22-14-6-3-5-12-11-15(23-17(12)14)13(18)8-9-19/h3,5-6,8-9,11H,2,4,7,10H2,1H3/b13-8+. The van der Waals surface area contributed by atoms with Crippen molar-refractivity contribution < 1.29 is 23.5 Å². The number of rotatable bonds is 8. The van der Waals surface area contributed by atoms with Crippen LogP contribution in [0.4, 0.5) is 0 Å². The van der Waals surface area contributed by atoms with Gasteiger partial charge in [0, 0.05) is 17.9 Å².